The summed E-state index contributed by atoms with van der Waals surface area (Å²) in [5.74, 6) is -0.156. The molecule has 1 aromatic carbocycles. The summed E-state index contributed by atoms with van der Waals surface area (Å²) in [6.07, 6.45) is 3.01. The van der Waals surface area contributed by atoms with Crippen molar-refractivity contribution in [2.45, 2.75) is 18.7 Å². The number of pyridine rings is 1. The lowest BCUT2D eigenvalue weighted by Crippen LogP contribution is -2.00. The number of thioether (sulfide) groups is 1. The molecule has 0 aliphatic heterocycles. The number of nitrogens with zero attached hydrogens (tertiary/aromatic N) is 1. The molecule has 1 aromatic heterocycles. The minimum atomic E-state index is -0.559. The minimum Gasteiger partial charge on any atom is -0.438 e. The van der Waals surface area contributed by atoms with E-state index in [0.29, 0.717) is 5.75 Å². The molecule has 0 saturated heterocycles. The van der Waals surface area contributed by atoms with Gasteiger partial charge in [0.25, 0.3) is 0 Å². The maximum atomic E-state index is 13.1. The normalized spacial score (nSPS) is 10.4. The Labute approximate surface area is 121 Å². The van der Waals surface area contributed by atoms with Crippen molar-refractivity contribution in [3.8, 4) is 11.6 Å². The molecule has 0 aliphatic rings. The van der Waals surface area contributed by atoms with Crippen LogP contribution in [0.4, 0.5) is 4.39 Å². The fourth-order valence-electron chi connectivity index (χ4n) is 1.74. The van der Waals surface area contributed by atoms with Gasteiger partial charge in [0.05, 0.1) is 11.8 Å². The second-order valence-electron chi connectivity index (χ2n) is 4.30. The van der Waals surface area contributed by atoms with Crippen molar-refractivity contribution in [1.29, 1.82) is 0 Å². The molecule has 0 N–H and O–H groups in total. The second kappa shape index (κ2) is 6.05. The van der Waals surface area contributed by atoms with Gasteiger partial charge in [0.2, 0.25) is 5.88 Å². The van der Waals surface area contributed by atoms with E-state index in [1.54, 1.807) is 17.8 Å². The zero-order valence-electron chi connectivity index (χ0n) is 11.4. The number of rotatable bonds is 4. The quantitative estimate of drug-likeness (QED) is 0.623. The molecule has 1 heterocycles. The Hall–Kier alpha value is -1.88. The number of aryl methyl sites for hydroxylation is 1. The number of hydrogen-bond acceptors (Lipinski definition) is 4. The first-order valence-corrected chi connectivity index (χ1v) is 7.22. The molecule has 104 valence electrons. The molecule has 0 fully saturated rings. The van der Waals surface area contributed by atoms with E-state index in [4.69, 9.17) is 4.74 Å². The largest absolute Gasteiger partial charge is 0.438 e. The Kier molecular flexibility index (Phi) is 4.39. The molecular weight excluding hydrogens is 277 g/mol. The molecule has 0 bridgehead atoms. The van der Waals surface area contributed by atoms with Gasteiger partial charge in [0, 0.05) is 4.90 Å². The SMILES string of the molecule is CSc1cc(Oc2ncc(F)cc2C(C)=O)ccc1C. The molecule has 2 aromatic rings. The van der Waals surface area contributed by atoms with Gasteiger partial charge in [-0.2, -0.15) is 0 Å². The molecule has 2 rings (SSSR count). The van der Waals surface area contributed by atoms with Gasteiger partial charge in [-0.3, -0.25) is 4.79 Å². The van der Waals surface area contributed by atoms with Crippen LogP contribution in [0.5, 0.6) is 11.6 Å². The smallest absolute Gasteiger partial charge is 0.230 e. The standard InChI is InChI=1S/C15H14FNO2S/c1-9-4-5-12(7-14(9)20-3)19-15-13(10(2)18)6-11(16)8-17-15/h4-8H,1-3H3. The average molecular weight is 291 g/mol. The van der Waals surface area contributed by atoms with Crippen molar-refractivity contribution >= 4 is 17.5 Å². The van der Waals surface area contributed by atoms with Gasteiger partial charge in [0.1, 0.15) is 11.6 Å². The number of ether oxygens (including phenoxy) is 1. The number of ketones is 1. The molecule has 0 aliphatic carbocycles. The number of carbonyl (C=O) groups excluding carboxylic acids is 1. The van der Waals surface area contributed by atoms with E-state index in [1.165, 1.54) is 6.92 Å². The van der Waals surface area contributed by atoms with Gasteiger partial charge < -0.3 is 4.74 Å². The first kappa shape index (κ1) is 14.5. The topological polar surface area (TPSA) is 39.2 Å². The summed E-state index contributed by atoms with van der Waals surface area (Å²) < 4.78 is 18.8. The molecule has 20 heavy (non-hydrogen) atoms. The first-order valence-electron chi connectivity index (χ1n) is 6.00. The number of hydrogen-bond donors (Lipinski definition) is 0. The number of benzene rings is 1. The third kappa shape index (κ3) is 3.17. The minimum absolute atomic E-state index is 0.120. The predicted octanol–water partition coefficient (Wildman–Crippen LogP) is 4.25. The number of Topliss-reactive ketones (excluding diaryl/α,β-unsaturated/α-hetero) is 1. The molecule has 3 nitrogen and oxygen atoms in total. The molecule has 0 radical (unpaired) electrons. The van der Waals surface area contributed by atoms with Crippen LogP contribution >= 0.6 is 11.8 Å². The molecule has 0 unspecified atom stereocenters. The molecule has 5 heteroatoms. The van der Waals surface area contributed by atoms with Crippen LogP contribution in [0, 0.1) is 12.7 Å². The lowest BCUT2D eigenvalue weighted by molar-refractivity contribution is 0.101. The second-order valence-corrected chi connectivity index (χ2v) is 5.14. The van der Waals surface area contributed by atoms with E-state index in [-0.39, 0.29) is 17.2 Å². The highest BCUT2D eigenvalue weighted by Crippen LogP contribution is 2.29. The van der Waals surface area contributed by atoms with Gasteiger partial charge in [-0.05, 0) is 43.9 Å². The van der Waals surface area contributed by atoms with E-state index in [9.17, 15) is 9.18 Å². The predicted molar refractivity (Wildman–Crippen MR) is 77.2 cm³/mol. The van der Waals surface area contributed by atoms with E-state index in [0.717, 1.165) is 22.7 Å². The zero-order chi connectivity index (χ0) is 14.7. The van der Waals surface area contributed by atoms with Gasteiger partial charge in [-0.25, -0.2) is 9.37 Å². The van der Waals surface area contributed by atoms with Crippen LogP contribution in [-0.2, 0) is 0 Å². The van der Waals surface area contributed by atoms with Crippen LogP contribution in [0.15, 0.2) is 35.4 Å². The van der Waals surface area contributed by atoms with Crippen LogP contribution < -0.4 is 4.74 Å². The number of carbonyl (C=O) groups is 1. The van der Waals surface area contributed by atoms with Gasteiger partial charge in [-0.15, -0.1) is 11.8 Å². The maximum Gasteiger partial charge on any atom is 0.230 e. The van der Waals surface area contributed by atoms with Crippen LogP contribution in [0.3, 0.4) is 0 Å². The third-order valence-electron chi connectivity index (χ3n) is 2.79. The summed E-state index contributed by atoms with van der Waals surface area (Å²) in [4.78, 5) is 16.4. The highest BCUT2D eigenvalue weighted by molar-refractivity contribution is 7.98. The molecule has 0 atom stereocenters. The highest BCUT2D eigenvalue weighted by atomic mass is 32.2. The van der Waals surface area contributed by atoms with Crippen molar-refractivity contribution in [3.05, 3.63) is 47.4 Å². The summed E-state index contributed by atoms with van der Waals surface area (Å²) >= 11 is 1.61. The Balaban J connectivity index is 2.37. The van der Waals surface area contributed by atoms with Crippen molar-refractivity contribution in [2.24, 2.45) is 0 Å². The Morgan fingerprint density at radius 2 is 2.10 bits per heavy atom. The average Bonchev–Trinajstić information content (AvgIpc) is 2.42. The fourth-order valence-corrected chi connectivity index (χ4v) is 2.36. The van der Waals surface area contributed by atoms with Crippen LogP contribution in [0.25, 0.3) is 0 Å². The lowest BCUT2D eigenvalue weighted by atomic mass is 10.2. The van der Waals surface area contributed by atoms with Crippen molar-refractivity contribution in [3.63, 3.8) is 0 Å². The first-order chi connectivity index (χ1) is 9.51. The van der Waals surface area contributed by atoms with Crippen molar-refractivity contribution in [1.82, 2.24) is 4.98 Å². The Morgan fingerprint density at radius 1 is 1.35 bits per heavy atom. The van der Waals surface area contributed by atoms with Gasteiger partial charge in [-0.1, -0.05) is 6.07 Å². The van der Waals surface area contributed by atoms with E-state index < -0.39 is 5.82 Å². The van der Waals surface area contributed by atoms with Crippen molar-refractivity contribution in [2.75, 3.05) is 6.26 Å². The Morgan fingerprint density at radius 3 is 2.75 bits per heavy atom. The maximum absolute atomic E-state index is 13.1. The fraction of sp³-hybridized carbons (Fsp3) is 0.200. The number of aromatic nitrogens is 1. The molecule has 0 saturated carbocycles. The van der Waals surface area contributed by atoms with Crippen LogP contribution in [0.1, 0.15) is 22.8 Å². The summed E-state index contributed by atoms with van der Waals surface area (Å²) in [5, 5.41) is 0. The molecule has 0 spiro atoms. The summed E-state index contributed by atoms with van der Waals surface area (Å²) in [6.45, 7) is 3.36. The number of halogens is 1. The van der Waals surface area contributed by atoms with Gasteiger partial charge >= 0.3 is 0 Å². The Bertz CT molecular complexity index is 658. The van der Waals surface area contributed by atoms with E-state index in [2.05, 4.69) is 4.98 Å². The highest BCUT2D eigenvalue weighted by Gasteiger charge is 2.13. The third-order valence-corrected chi connectivity index (χ3v) is 3.67. The summed E-state index contributed by atoms with van der Waals surface area (Å²) in [6, 6.07) is 6.73. The zero-order valence-corrected chi connectivity index (χ0v) is 12.3. The summed E-state index contributed by atoms with van der Waals surface area (Å²) in [7, 11) is 0. The van der Waals surface area contributed by atoms with Crippen LogP contribution in [-0.4, -0.2) is 17.0 Å². The van der Waals surface area contributed by atoms with Crippen LogP contribution in [0.2, 0.25) is 0 Å². The van der Waals surface area contributed by atoms with Gasteiger partial charge in [0.15, 0.2) is 5.78 Å². The van der Waals surface area contributed by atoms with Crippen molar-refractivity contribution < 1.29 is 13.9 Å². The van der Waals surface area contributed by atoms with E-state index in [1.807, 2.05) is 25.3 Å². The molecule has 0 amide bonds. The monoisotopic (exact) mass is 291 g/mol. The molecular formula is C15H14FNO2S. The summed E-state index contributed by atoms with van der Waals surface area (Å²) in [5.41, 5.74) is 1.28. The van der Waals surface area contributed by atoms with E-state index >= 15 is 0 Å². The lowest BCUT2D eigenvalue weighted by Gasteiger charge is -2.10.